The number of hydrogen-bond donors (Lipinski definition) is 2. The zero-order valence-electron chi connectivity index (χ0n) is 11.3. The second-order valence-corrected chi connectivity index (χ2v) is 6.16. The largest absolute Gasteiger partial charge is 0.350 e. The van der Waals surface area contributed by atoms with Gasteiger partial charge in [-0.15, -0.1) is 0 Å². The summed E-state index contributed by atoms with van der Waals surface area (Å²) in [5, 5.41) is 6.41. The Morgan fingerprint density at radius 1 is 1.47 bits per heavy atom. The second kappa shape index (κ2) is 7.06. The zero-order valence-corrected chi connectivity index (χ0v) is 12.9. The van der Waals surface area contributed by atoms with Crippen molar-refractivity contribution in [2.24, 2.45) is 5.92 Å². The van der Waals surface area contributed by atoms with Gasteiger partial charge in [-0.2, -0.15) is 0 Å². The average Bonchev–Trinajstić information content (AvgIpc) is 2.39. The lowest BCUT2D eigenvalue weighted by atomic mass is 9.94. The van der Waals surface area contributed by atoms with Gasteiger partial charge in [-0.25, -0.2) is 0 Å². The summed E-state index contributed by atoms with van der Waals surface area (Å²) in [7, 11) is 0. The summed E-state index contributed by atoms with van der Waals surface area (Å²) < 4.78 is 1.05. The van der Waals surface area contributed by atoms with Crippen LogP contribution in [0, 0.1) is 5.92 Å². The molecule has 1 aliphatic rings. The highest BCUT2D eigenvalue weighted by Crippen LogP contribution is 2.19. The van der Waals surface area contributed by atoms with Crippen molar-refractivity contribution in [2.75, 3.05) is 13.1 Å². The summed E-state index contributed by atoms with van der Waals surface area (Å²) >= 11 is 3.46. The SMILES string of the molecule is CC(NC(=O)CC1CCNCC1)c1cccc(Br)c1. The minimum absolute atomic E-state index is 0.0618. The number of benzene rings is 1. The van der Waals surface area contributed by atoms with Crippen molar-refractivity contribution in [1.29, 1.82) is 0 Å². The van der Waals surface area contributed by atoms with Crippen molar-refractivity contribution in [1.82, 2.24) is 10.6 Å². The van der Waals surface area contributed by atoms with E-state index in [0.717, 1.165) is 36.0 Å². The molecule has 1 aromatic carbocycles. The number of rotatable bonds is 4. The Labute approximate surface area is 123 Å². The fourth-order valence-electron chi connectivity index (χ4n) is 2.51. The van der Waals surface area contributed by atoms with Gasteiger partial charge in [-0.1, -0.05) is 28.1 Å². The molecule has 1 unspecified atom stereocenters. The maximum atomic E-state index is 12.0. The Morgan fingerprint density at radius 2 is 2.21 bits per heavy atom. The number of carbonyl (C=O) groups is 1. The molecule has 0 bridgehead atoms. The molecular weight excluding hydrogens is 304 g/mol. The summed E-state index contributed by atoms with van der Waals surface area (Å²) in [5.74, 6) is 0.704. The van der Waals surface area contributed by atoms with Gasteiger partial charge in [0.1, 0.15) is 0 Å². The van der Waals surface area contributed by atoms with Gasteiger partial charge in [-0.05, 0) is 56.5 Å². The molecule has 4 heteroatoms. The van der Waals surface area contributed by atoms with Crippen LogP contribution in [-0.4, -0.2) is 19.0 Å². The van der Waals surface area contributed by atoms with Crippen molar-refractivity contribution in [3.63, 3.8) is 0 Å². The predicted octanol–water partition coefficient (Wildman–Crippen LogP) is 3.02. The molecule has 0 aromatic heterocycles. The first-order valence-corrected chi connectivity index (χ1v) is 7.70. The molecule has 0 radical (unpaired) electrons. The Bertz CT molecular complexity index is 430. The predicted molar refractivity (Wildman–Crippen MR) is 80.9 cm³/mol. The molecule has 1 aromatic rings. The molecule has 1 atom stereocenters. The first kappa shape index (κ1) is 14.5. The highest BCUT2D eigenvalue weighted by Gasteiger charge is 2.18. The minimum atomic E-state index is 0.0618. The van der Waals surface area contributed by atoms with Crippen LogP contribution in [0.5, 0.6) is 0 Å². The first-order chi connectivity index (χ1) is 9.15. The van der Waals surface area contributed by atoms with Crippen LogP contribution in [0.15, 0.2) is 28.7 Å². The van der Waals surface area contributed by atoms with Crippen molar-refractivity contribution >= 4 is 21.8 Å². The second-order valence-electron chi connectivity index (χ2n) is 5.24. The van der Waals surface area contributed by atoms with E-state index in [-0.39, 0.29) is 11.9 Å². The maximum absolute atomic E-state index is 12.0. The Kier molecular flexibility index (Phi) is 5.40. The normalized spacial score (nSPS) is 18.0. The molecule has 2 N–H and O–H groups in total. The summed E-state index contributed by atoms with van der Waals surface area (Å²) in [6, 6.07) is 8.14. The van der Waals surface area contributed by atoms with Gasteiger partial charge in [0.25, 0.3) is 0 Å². The summed E-state index contributed by atoms with van der Waals surface area (Å²) in [4.78, 5) is 12.0. The molecule has 19 heavy (non-hydrogen) atoms. The Balaban J connectivity index is 1.84. The van der Waals surface area contributed by atoms with Crippen LogP contribution in [0.4, 0.5) is 0 Å². The number of hydrogen-bond acceptors (Lipinski definition) is 2. The molecule has 104 valence electrons. The molecule has 1 amide bonds. The van der Waals surface area contributed by atoms with E-state index in [9.17, 15) is 4.79 Å². The number of nitrogens with one attached hydrogen (secondary N) is 2. The monoisotopic (exact) mass is 324 g/mol. The third kappa shape index (κ3) is 4.62. The number of piperidine rings is 1. The quantitative estimate of drug-likeness (QED) is 0.893. The van der Waals surface area contributed by atoms with E-state index in [4.69, 9.17) is 0 Å². The molecule has 3 nitrogen and oxygen atoms in total. The maximum Gasteiger partial charge on any atom is 0.220 e. The molecule has 2 rings (SSSR count). The highest BCUT2D eigenvalue weighted by atomic mass is 79.9. The lowest BCUT2D eigenvalue weighted by Gasteiger charge is -2.23. The van der Waals surface area contributed by atoms with Gasteiger partial charge in [0, 0.05) is 10.9 Å². The van der Waals surface area contributed by atoms with Crippen LogP contribution in [0.1, 0.15) is 37.8 Å². The van der Waals surface area contributed by atoms with E-state index >= 15 is 0 Å². The highest BCUT2D eigenvalue weighted by molar-refractivity contribution is 9.10. The van der Waals surface area contributed by atoms with Gasteiger partial charge in [0.05, 0.1) is 6.04 Å². The smallest absolute Gasteiger partial charge is 0.220 e. The van der Waals surface area contributed by atoms with Crippen LogP contribution < -0.4 is 10.6 Å². The van der Waals surface area contributed by atoms with E-state index in [2.05, 4.69) is 32.6 Å². The van der Waals surface area contributed by atoms with E-state index in [0.29, 0.717) is 12.3 Å². The van der Waals surface area contributed by atoms with Crippen LogP contribution in [0.3, 0.4) is 0 Å². The van der Waals surface area contributed by atoms with Crippen LogP contribution in [-0.2, 0) is 4.79 Å². The average molecular weight is 325 g/mol. The Morgan fingerprint density at radius 3 is 2.89 bits per heavy atom. The van der Waals surface area contributed by atoms with Crippen molar-refractivity contribution in [2.45, 2.75) is 32.2 Å². The van der Waals surface area contributed by atoms with E-state index < -0.39 is 0 Å². The molecule has 0 spiro atoms. The molecule has 1 fully saturated rings. The molecule has 1 aliphatic heterocycles. The molecule has 1 saturated heterocycles. The number of amides is 1. The lowest BCUT2D eigenvalue weighted by Crippen LogP contribution is -2.33. The third-order valence-electron chi connectivity index (χ3n) is 3.66. The van der Waals surface area contributed by atoms with Crippen LogP contribution >= 0.6 is 15.9 Å². The third-order valence-corrected chi connectivity index (χ3v) is 4.15. The van der Waals surface area contributed by atoms with Gasteiger partial charge < -0.3 is 10.6 Å². The summed E-state index contributed by atoms with van der Waals surface area (Å²) in [5.41, 5.74) is 1.13. The van der Waals surface area contributed by atoms with Gasteiger partial charge in [0.15, 0.2) is 0 Å². The van der Waals surface area contributed by atoms with Gasteiger partial charge >= 0.3 is 0 Å². The number of halogens is 1. The molecule has 1 heterocycles. The Hall–Kier alpha value is -0.870. The van der Waals surface area contributed by atoms with E-state index in [1.165, 1.54) is 0 Å². The fraction of sp³-hybridized carbons (Fsp3) is 0.533. The van der Waals surface area contributed by atoms with E-state index in [1.807, 2.05) is 25.1 Å². The van der Waals surface area contributed by atoms with Crippen molar-refractivity contribution < 1.29 is 4.79 Å². The standard InChI is InChI=1S/C15H21BrN2O/c1-11(13-3-2-4-14(16)10-13)18-15(19)9-12-5-7-17-8-6-12/h2-4,10-12,17H,5-9H2,1H3,(H,18,19). The van der Waals surface area contributed by atoms with Crippen molar-refractivity contribution in [3.05, 3.63) is 34.3 Å². The zero-order chi connectivity index (χ0) is 13.7. The van der Waals surface area contributed by atoms with Crippen LogP contribution in [0.25, 0.3) is 0 Å². The molecule has 0 saturated carbocycles. The lowest BCUT2D eigenvalue weighted by molar-refractivity contribution is -0.122. The molecule has 0 aliphatic carbocycles. The summed E-state index contributed by atoms with van der Waals surface area (Å²) in [6.45, 7) is 4.11. The van der Waals surface area contributed by atoms with Crippen LogP contribution in [0.2, 0.25) is 0 Å². The number of carbonyl (C=O) groups excluding carboxylic acids is 1. The summed E-state index contributed by atoms with van der Waals surface area (Å²) in [6.07, 6.45) is 2.87. The fourth-order valence-corrected chi connectivity index (χ4v) is 2.92. The topological polar surface area (TPSA) is 41.1 Å². The van der Waals surface area contributed by atoms with E-state index in [1.54, 1.807) is 0 Å². The minimum Gasteiger partial charge on any atom is -0.350 e. The van der Waals surface area contributed by atoms with Crippen molar-refractivity contribution in [3.8, 4) is 0 Å². The first-order valence-electron chi connectivity index (χ1n) is 6.90. The molecular formula is C15H21BrN2O. The van der Waals surface area contributed by atoms with Gasteiger partial charge in [0.2, 0.25) is 5.91 Å². The van der Waals surface area contributed by atoms with Gasteiger partial charge in [-0.3, -0.25) is 4.79 Å².